The minimum Gasteiger partial charge on any atom is -0.354 e. The molecular weight excluding hydrogens is 272 g/mol. The van der Waals surface area contributed by atoms with Crippen LogP contribution in [0.1, 0.15) is 19.8 Å². The standard InChI is InChI=1S/C14H20N4O3/c1-11(19)17-8-4-12(5-9-17)14(21)15-7-10-18-13(20)3-2-6-16-18/h2-3,6,12H,4-5,7-10H2,1H3,(H,15,21). The Morgan fingerprint density at radius 3 is 2.71 bits per heavy atom. The van der Waals surface area contributed by atoms with Crippen molar-refractivity contribution in [3.05, 3.63) is 28.7 Å². The lowest BCUT2D eigenvalue weighted by atomic mass is 9.96. The Bertz CT molecular complexity index is 561. The molecule has 2 heterocycles. The number of aromatic nitrogens is 2. The highest BCUT2D eigenvalue weighted by Gasteiger charge is 2.25. The summed E-state index contributed by atoms with van der Waals surface area (Å²) in [5, 5.41) is 6.76. The molecule has 0 unspecified atom stereocenters. The third kappa shape index (κ3) is 4.14. The number of piperidine rings is 1. The highest BCUT2D eigenvalue weighted by atomic mass is 16.2. The zero-order valence-electron chi connectivity index (χ0n) is 12.1. The van der Waals surface area contributed by atoms with Gasteiger partial charge in [-0.15, -0.1) is 0 Å². The molecule has 0 saturated carbocycles. The molecule has 1 aromatic rings. The van der Waals surface area contributed by atoms with Gasteiger partial charge in [-0.1, -0.05) is 0 Å². The summed E-state index contributed by atoms with van der Waals surface area (Å²) in [5.41, 5.74) is -0.179. The third-order valence-corrected chi connectivity index (χ3v) is 3.72. The molecule has 1 aliphatic rings. The number of carbonyl (C=O) groups is 2. The first-order valence-corrected chi connectivity index (χ1v) is 7.13. The first kappa shape index (κ1) is 15.2. The van der Waals surface area contributed by atoms with E-state index in [4.69, 9.17) is 0 Å². The van der Waals surface area contributed by atoms with Crippen molar-refractivity contribution >= 4 is 11.8 Å². The summed E-state index contributed by atoms with van der Waals surface area (Å²) in [6, 6.07) is 3.02. The summed E-state index contributed by atoms with van der Waals surface area (Å²) in [7, 11) is 0. The minimum atomic E-state index is -0.179. The van der Waals surface area contributed by atoms with Gasteiger partial charge in [-0.25, -0.2) is 4.68 Å². The summed E-state index contributed by atoms with van der Waals surface area (Å²) in [4.78, 5) is 36.5. The molecule has 1 saturated heterocycles. The van der Waals surface area contributed by atoms with E-state index in [1.54, 1.807) is 24.1 Å². The zero-order valence-corrected chi connectivity index (χ0v) is 12.1. The summed E-state index contributed by atoms with van der Waals surface area (Å²) in [6.07, 6.45) is 2.92. The Hall–Kier alpha value is -2.18. The Balaban J connectivity index is 1.74. The molecule has 2 rings (SSSR count). The van der Waals surface area contributed by atoms with Gasteiger partial charge in [-0.05, 0) is 18.9 Å². The fourth-order valence-corrected chi connectivity index (χ4v) is 2.44. The minimum absolute atomic E-state index is 0.0119. The van der Waals surface area contributed by atoms with Crippen molar-refractivity contribution in [3.63, 3.8) is 0 Å². The molecule has 1 fully saturated rings. The van der Waals surface area contributed by atoms with Crippen LogP contribution in [0.2, 0.25) is 0 Å². The van der Waals surface area contributed by atoms with Gasteiger partial charge in [0.2, 0.25) is 11.8 Å². The van der Waals surface area contributed by atoms with Crippen LogP contribution in [0.3, 0.4) is 0 Å². The van der Waals surface area contributed by atoms with E-state index in [0.29, 0.717) is 39.0 Å². The first-order valence-electron chi connectivity index (χ1n) is 7.13. The second kappa shape index (κ2) is 7.01. The Labute approximate surface area is 122 Å². The maximum Gasteiger partial charge on any atom is 0.266 e. The van der Waals surface area contributed by atoms with E-state index in [9.17, 15) is 14.4 Å². The monoisotopic (exact) mass is 292 g/mol. The highest BCUT2D eigenvalue weighted by molar-refractivity contribution is 5.79. The number of rotatable bonds is 4. The molecule has 7 heteroatoms. The van der Waals surface area contributed by atoms with Gasteiger partial charge in [0, 0.05) is 44.7 Å². The lowest BCUT2D eigenvalue weighted by Gasteiger charge is -2.30. The molecule has 0 atom stereocenters. The second-order valence-corrected chi connectivity index (χ2v) is 5.16. The predicted molar refractivity (Wildman–Crippen MR) is 76.5 cm³/mol. The number of likely N-dealkylation sites (tertiary alicyclic amines) is 1. The molecule has 0 aromatic carbocycles. The Morgan fingerprint density at radius 2 is 2.10 bits per heavy atom. The van der Waals surface area contributed by atoms with Crippen LogP contribution < -0.4 is 10.9 Å². The van der Waals surface area contributed by atoms with E-state index in [1.165, 1.54) is 10.7 Å². The predicted octanol–water partition coefficient (Wildman–Crippen LogP) is -0.382. The van der Waals surface area contributed by atoms with Gasteiger partial charge >= 0.3 is 0 Å². The number of hydrogen-bond acceptors (Lipinski definition) is 4. The summed E-state index contributed by atoms with van der Waals surface area (Å²) in [6.45, 7) is 3.55. The number of carbonyl (C=O) groups excluding carboxylic acids is 2. The Morgan fingerprint density at radius 1 is 1.38 bits per heavy atom. The van der Waals surface area contributed by atoms with E-state index < -0.39 is 0 Å². The lowest BCUT2D eigenvalue weighted by Crippen LogP contribution is -2.43. The molecule has 0 bridgehead atoms. The van der Waals surface area contributed by atoms with Crippen molar-refractivity contribution in [1.82, 2.24) is 20.0 Å². The summed E-state index contributed by atoms with van der Waals surface area (Å²) in [5.74, 6) is -0.00776. The highest BCUT2D eigenvalue weighted by Crippen LogP contribution is 2.17. The van der Waals surface area contributed by atoms with Crippen LogP contribution in [0.15, 0.2) is 23.1 Å². The topological polar surface area (TPSA) is 84.3 Å². The zero-order chi connectivity index (χ0) is 15.2. The van der Waals surface area contributed by atoms with E-state index in [1.807, 2.05) is 0 Å². The lowest BCUT2D eigenvalue weighted by molar-refractivity contribution is -0.133. The van der Waals surface area contributed by atoms with Crippen LogP contribution in [-0.4, -0.2) is 46.1 Å². The molecule has 21 heavy (non-hydrogen) atoms. The fraction of sp³-hybridized carbons (Fsp3) is 0.571. The van der Waals surface area contributed by atoms with Gasteiger partial charge in [0.05, 0.1) is 6.54 Å². The number of amides is 2. The van der Waals surface area contributed by atoms with Crippen LogP contribution in [0, 0.1) is 5.92 Å². The van der Waals surface area contributed by atoms with Crippen molar-refractivity contribution in [2.45, 2.75) is 26.3 Å². The van der Waals surface area contributed by atoms with Crippen LogP contribution in [0.5, 0.6) is 0 Å². The largest absolute Gasteiger partial charge is 0.354 e. The van der Waals surface area contributed by atoms with Crippen LogP contribution >= 0.6 is 0 Å². The first-order chi connectivity index (χ1) is 10.1. The average molecular weight is 292 g/mol. The van der Waals surface area contributed by atoms with Crippen molar-refractivity contribution < 1.29 is 9.59 Å². The van der Waals surface area contributed by atoms with E-state index in [-0.39, 0.29) is 23.3 Å². The van der Waals surface area contributed by atoms with Crippen molar-refractivity contribution in [2.75, 3.05) is 19.6 Å². The summed E-state index contributed by atoms with van der Waals surface area (Å²) < 4.78 is 1.32. The fourth-order valence-electron chi connectivity index (χ4n) is 2.44. The van der Waals surface area contributed by atoms with Gasteiger partial charge in [-0.2, -0.15) is 5.10 Å². The molecule has 0 radical (unpaired) electrons. The van der Waals surface area contributed by atoms with Crippen molar-refractivity contribution in [3.8, 4) is 0 Å². The van der Waals surface area contributed by atoms with E-state index in [2.05, 4.69) is 10.4 Å². The summed E-state index contributed by atoms with van der Waals surface area (Å²) >= 11 is 0. The van der Waals surface area contributed by atoms with Gasteiger partial charge in [0.25, 0.3) is 5.56 Å². The molecule has 7 nitrogen and oxygen atoms in total. The maximum absolute atomic E-state index is 12.0. The Kier molecular flexibility index (Phi) is 5.08. The molecular formula is C14H20N4O3. The molecule has 1 aliphatic heterocycles. The number of nitrogens with zero attached hydrogens (tertiary/aromatic N) is 3. The molecule has 0 spiro atoms. The smallest absolute Gasteiger partial charge is 0.266 e. The van der Waals surface area contributed by atoms with Gasteiger partial charge in [0.1, 0.15) is 0 Å². The molecule has 0 aliphatic carbocycles. The van der Waals surface area contributed by atoms with Crippen molar-refractivity contribution in [2.24, 2.45) is 5.92 Å². The maximum atomic E-state index is 12.0. The molecule has 114 valence electrons. The SMILES string of the molecule is CC(=O)N1CCC(C(=O)NCCn2ncccc2=O)CC1. The van der Waals surface area contributed by atoms with Crippen LogP contribution in [-0.2, 0) is 16.1 Å². The van der Waals surface area contributed by atoms with Gasteiger partial charge < -0.3 is 10.2 Å². The average Bonchev–Trinajstić information content (AvgIpc) is 2.49. The second-order valence-electron chi connectivity index (χ2n) is 5.16. The quantitative estimate of drug-likeness (QED) is 0.819. The molecule has 2 amide bonds. The van der Waals surface area contributed by atoms with Gasteiger partial charge in [-0.3, -0.25) is 14.4 Å². The normalized spacial score (nSPS) is 15.8. The van der Waals surface area contributed by atoms with Crippen molar-refractivity contribution in [1.29, 1.82) is 0 Å². The van der Waals surface area contributed by atoms with E-state index in [0.717, 1.165) is 0 Å². The number of nitrogens with one attached hydrogen (secondary N) is 1. The third-order valence-electron chi connectivity index (χ3n) is 3.72. The van der Waals surface area contributed by atoms with Crippen LogP contribution in [0.4, 0.5) is 0 Å². The molecule has 1 N–H and O–H groups in total. The number of hydrogen-bond donors (Lipinski definition) is 1. The van der Waals surface area contributed by atoms with E-state index >= 15 is 0 Å². The van der Waals surface area contributed by atoms with Crippen LogP contribution in [0.25, 0.3) is 0 Å². The molecule has 1 aromatic heterocycles. The van der Waals surface area contributed by atoms with Gasteiger partial charge in [0.15, 0.2) is 0 Å².